The first-order valence-corrected chi connectivity index (χ1v) is 8.88. The van der Waals surface area contributed by atoms with Gasteiger partial charge < -0.3 is 9.64 Å². The lowest BCUT2D eigenvalue weighted by Gasteiger charge is -2.34. The first-order chi connectivity index (χ1) is 12.2. The fourth-order valence-corrected chi connectivity index (χ4v) is 3.22. The van der Waals surface area contributed by atoms with Crippen LogP contribution in [0.25, 0.3) is 11.1 Å². The van der Waals surface area contributed by atoms with Crippen LogP contribution in [0.4, 0.5) is 4.79 Å². The van der Waals surface area contributed by atoms with Gasteiger partial charge in [0.05, 0.1) is 6.61 Å². The highest BCUT2D eigenvalue weighted by molar-refractivity contribution is 6.33. The fraction of sp³-hybridized carbons (Fsp3) is 0.368. The summed E-state index contributed by atoms with van der Waals surface area (Å²) in [6.45, 7) is 6.09. The third-order valence-electron chi connectivity index (χ3n) is 4.28. The molecule has 0 N–H and O–H groups in total. The molecule has 0 atom stereocenters. The molecule has 1 aromatic heterocycles. The van der Waals surface area contributed by atoms with E-state index in [0.717, 1.165) is 41.3 Å². The van der Waals surface area contributed by atoms with Crippen LogP contribution in [0.15, 0.2) is 42.7 Å². The number of ether oxygens (including phenoxy) is 1. The van der Waals surface area contributed by atoms with Gasteiger partial charge in [0.1, 0.15) is 0 Å². The minimum Gasteiger partial charge on any atom is -0.450 e. The second-order valence-corrected chi connectivity index (χ2v) is 6.43. The molecule has 2 heterocycles. The van der Waals surface area contributed by atoms with Crippen LogP contribution in [0.1, 0.15) is 12.5 Å². The summed E-state index contributed by atoms with van der Waals surface area (Å²) in [5.74, 6) is 0. The van der Waals surface area contributed by atoms with Gasteiger partial charge >= 0.3 is 6.09 Å². The Hall–Kier alpha value is -2.11. The second-order valence-electron chi connectivity index (χ2n) is 6.02. The largest absolute Gasteiger partial charge is 0.450 e. The van der Waals surface area contributed by atoms with E-state index in [1.54, 1.807) is 4.90 Å². The molecule has 0 aliphatic carbocycles. The molecule has 2 aromatic rings. The highest BCUT2D eigenvalue weighted by Crippen LogP contribution is 2.27. The van der Waals surface area contributed by atoms with Crippen molar-refractivity contribution in [3.05, 3.63) is 53.3 Å². The summed E-state index contributed by atoms with van der Waals surface area (Å²) in [6.07, 6.45) is 3.51. The van der Waals surface area contributed by atoms with Gasteiger partial charge in [-0.05, 0) is 24.6 Å². The molecule has 25 heavy (non-hydrogen) atoms. The van der Waals surface area contributed by atoms with E-state index in [4.69, 9.17) is 16.3 Å². The highest BCUT2D eigenvalue weighted by atomic mass is 35.5. The van der Waals surface area contributed by atoms with Crippen LogP contribution in [0.2, 0.25) is 5.02 Å². The number of piperazine rings is 1. The molecule has 1 aromatic carbocycles. The average Bonchev–Trinajstić information content (AvgIpc) is 2.63. The number of hydrogen-bond acceptors (Lipinski definition) is 4. The molecule has 1 saturated heterocycles. The zero-order chi connectivity index (χ0) is 17.6. The minimum absolute atomic E-state index is 0.218. The molecule has 1 amide bonds. The number of aromatic nitrogens is 1. The van der Waals surface area contributed by atoms with Crippen LogP contribution in [0.3, 0.4) is 0 Å². The lowest BCUT2D eigenvalue weighted by atomic mass is 10.1. The smallest absolute Gasteiger partial charge is 0.409 e. The van der Waals surface area contributed by atoms with Crippen LogP contribution in [-0.2, 0) is 11.3 Å². The van der Waals surface area contributed by atoms with Crippen molar-refractivity contribution in [2.75, 3.05) is 32.8 Å². The number of benzene rings is 1. The molecular weight excluding hydrogens is 338 g/mol. The molecular formula is C19H22ClN3O2. The molecule has 1 fully saturated rings. The van der Waals surface area contributed by atoms with Gasteiger partial charge in [-0.15, -0.1) is 0 Å². The minimum atomic E-state index is -0.218. The Morgan fingerprint density at radius 2 is 1.96 bits per heavy atom. The highest BCUT2D eigenvalue weighted by Gasteiger charge is 2.21. The predicted molar refractivity (Wildman–Crippen MR) is 98.6 cm³/mol. The van der Waals surface area contributed by atoms with E-state index in [0.29, 0.717) is 19.7 Å². The molecule has 5 nitrogen and oxygen atoms in total. The van der Waals surface area contributed by atoms with Crippen molar-refractivity contribution in [1.29, 1.82) is 0 Å². The van der Waals surface area contributed by atoms with E-state index < -0.39 is 0 Å². The van der Waals surface area contributed by atoms with Crippen molar-refractivity contribution in [3.8, 4) is 11.1 Å². The Bertz CT molecular complexity index is 730. The Labute approximate surface area is 153 Å². The number of halogens is 1. The molecule has 0 radical (unpaired) electrons. The van der Waals surface area contributed by atoms with Gasteiger partial charge in [-0.1, -0.05) is 29.8 Å². The monoisotopic (exact) mass is 359 g/mol. The molecule has 0 saturated carbocycles. The van der Waals surface area contributed by atoms with E-state index in [9.17, 15) is 4.79 Å². The maximum atomic E-state index is 11.8. The number of hydrogen-bond donors (Lipinski definition) is 0. The van der Waals surface area contributed by atoms with Gasteiger partial charge in [0.2, 0.25) is 0 Å². The fourth-order valence-electron chi connectivity index (χ4n) is 2.98. The molecule has 1 aliphatic rings. The number of pyridine rings is 1. The van der Waals surface area contributed by atoms with E-state index in [1.807, 2.05) is 43.6 Å². The third-order valence-corrected chi connectivity index (χ3v) is 4.61. The van der Waals surface area contributed by atoms with Crippen molar-refractivity contribution < 1.29 is 9.53 Å². The molecule has 132 valence electrons. The number of carbonyl (C=O) groups excluding carboxylic acids is 1. The molecule has 1 aliphatic heterocycles. The lowest BCUT2D eigenvalue weighted by molar-refractivity contribution is 0.0778. The maximum Gasteiger partial charge on any atom is 0.409 e. The van der Waals surface area contributed by atoms with Gasteiger partial charge in [-0.3, -0.25) is 9.88 Å². The van der Waals surface area contributed by atoms with Crippen molar-refractivity contribution in [2.24, 2.45) is 0 Å². The summed E-state index contributed by atoms with van der Waals surface area (Å²) in [7, 11) is 0. The number of rotatable bonds is 4. The summed E-state index contributed by atoms with van der Waals surface area (Å²) < 4.78 is 5.06. The zero-order valence-corrected chi connectivity index (χ0v) is 15.1. The van der Waals surface area contributed by atoms with Gasteiger partial charge in [-0.2, -0.15) is 0 Å². The van der Waals surface area contributed by atoms with Crippen LogP contribution >= 0.6 is 11.6 Å². The first-order valence-electron chi connectivity index (χ1n) is 8.50. The SMILES string of the molecule is CCOC(=O)N1CCN(Cc2cncc(-c3ccccc3Cl)c2)CC1. The van der Waals surface area contributed by atoms with Gasteiger partial charge in [0.15, 0.2) is 0 Å². The van der Waals surface area contributed by atoms with E-state index in [-0.39, 0.29) is 6.09 Å². The quantitative estimate of drug-likeness (QED) is 0.835. The topological polar surface area (TPSA) is 45.7 Å². The Kier molecular flexibility index (Phi) is 5.89. The molecule has 3 rings (SSSR count). The molecule has 6 heteroatoms. The van der Waals surface area contributed by atoms with Crippen LogP contribution in [0.5, 0.6) is 0 Å². The van der Waals surface area contributed by atoms with E-state index in [2.05, 4.69) is 16.0 Å². The van der Waals surface area contributed by atoms with Crippen molar-refractivity contribution in [3.63, 3.8) is 0 Å². The summed E-state index contributed by atoms with van der Waals surface area (Å²) in [5, 5.41) is 0.726. The molecule has 0 spiro atoms. The zero-order valence-electron chi connectivity index (χ0n) is 14.3. The summed E-state index contributed by atoms with van der Waals surface area (Å²) in [6, 6.07) is 9.92. The van der Waals surface area contributed by atoms with Crippen molar-refractivity contribution in [2.45, 2.75) is 13.5 Å². The number of carbonyl (C=O) groups is 1. The second kappa shape index (κ2) is 8.32. The van der Waals surface area contributed by atoms with Crippen molar-refractivity contribution in [1.82, 2.24) is 14.8 Å². The standard InChI is InChI=1S/C19H22ClN3O2/c1-2-25-19(24)23-9-7-22(8-10-23)14-15-11-16(13-21-12-15)17-5-3-4-6-18(17)20/h3-6,11-13H,2,7-10,14H2,1H3. The van der Waals surface area contributed by atoms with Crippen LogP contribution in [0, 0.1) is 0 Å². The summed E-state index contributed by atoms with van der Waals surface area (Å²) in [5.41, 5.74) is 3.15. The molecule has 0 unspecified atom stereocenters. The van der Waals surface area contributed by atoms with E-state index in [1.165, 1.54) is 0 Å². The van der Waals surface area contributed by atoms with E-state index >= 15 is 0 Å². The van der Waals surface area contributed by atoms with Gasteiger partial charge in [0, 0.05) is 61.3 Å². The lowest BCUT2D eigenvalue weighted by Crippen LogP contribution is -2.48. The van der Waals surface area contributed by atoms with Crippen LogP contribution < -0.4 is 0 Å². The Balaban J connectivity index is 1.62. The summed E-state index contributed by atoms with van der Waals surface area (Å²) in [4.78, 5) is 20.2. The molecule has 0 bridgehead atoms. The third kappa shape index (κ3) is 4.50. The van der Waals surface area contributed by atoms with Gasteiger partial charge in [-0.25, -0.2) is 4.79 Å². The van der Waals surface area contributed by atoms with Crippen LogP contribution in [-0.4, -0.2) is 53.7 Å². The summed E-state index contributed by atoms with van der Waals surface area (Å²) >= 11 is 6.29. The number of nitrogens with zero attached hydrogens (tertiary/aromatic N) is 3. The Morgan fingerprint density at radius 3 is 2.68 bits per heavy atom. The average molecular weight is 360 g/mol. The maximum absolute atomic E-state index is 11.8. The predicted octanol–water partition coefficient (Wildman–Crippen LogP) is 3.68. The Morgan fingerprint density at radius 1 is 1.20 bits per heavy atom. The first kappa shape index (κ1) is 17.7. The van der Waals surface area contributed by atoms with Crippen molar-refractivity contribution >= 4 is 17.7 Å². The number of amides is 1. The normalized spacial score (nSPS) is 15.2. The van der Waals surface area contributed by atoms with Gasteiger partial charge in [0.25, 0.3) is 0 Å².